The first-order valence-electron chi connectivity index (χ1n) is 9.52. The normalized spacial score (nSPS) is 10.4. The van der Waals surface area contributed by atoms with Gasteiger partial charge in [-0.25, -0.2) is 0 Å². The Balaban J connectivity index is 1.54. The van der Waals surface area contributed by atoms with Gasteiger partial charge in [0.25, 0.3) is 11.8 Å². The highest BCUT2D eigenvalue weighted by Gasteiger charge is 2.10. The molecule has 3 aromatic carbocycles. The van der Waals surface area contributed by atoms with Crippen LogP contribution in [0.1, 0.15) is 34.6 Å². The molecule has 0 radical (unpaired) electrons. The van der Waals surface area contributed by atoms with Crippen molar-refractivity contribution in [3.05, 3.63) is 90.0 Å². The SMILES string of the molecule is CC(C)COc1ccc(C(=O)NNC(=O)c2ccc(-c3ccccc3)cc2)cc1. The Morgan fingerprint density at radius 1 is 0.724 bits per heavy atom. The van der Waals surface area contributed by atoms with Gasteiger partial charge in [-0.05, 0) is 53.4 Å². The molecule has 0 fully saturated rings. The average Bonchev–Trinajstić information content (AvgIpc) is 2.77. The number of benzene rings is 3. The highest BCUT2D eigenvalue weighted by Crippen LogP contribution is 2.19. The van der Waals surface area contributed by atoms with Crippen molar-refractivity contribution in [2.75, 3.05) is 6.61 Å². The Labute approximate surface area is 170 Å². The summed E-state index contributed by atoms with van der Waals surface area (Å²) in [4.78, 5) is 24.5. The molecule has 3 rings (SSSR count). The predicted octanol–water partition coefficient (Wildman–Crippen LogP) is 4.46. The molecule has 2 N–H and O–H groups in total. The van der Waals surface area contributed by atoms with Gasteiger partial charge in [-0.3, -0.25) is 20.4 Å². The molecule has 0 saturated carbocycles. The number of nitrogens with one attached hydrogen (secondary N) is 2. The van der Waals surface area contributed by atoms with E-state index in [-0.39, 0.29) is 5.91 Å². The number of rotatable bonds is 6. The zero-order valence-corrected chi connectivity index (χ0v) is 16.5. The Morgan fingerprint density at radius 2 is 1.21 bits per heavy atom. The largest absolute Gasteiger partial charge is 0.493 e. The van der Waals surface area contributed by atoms with Crippen molar-refractivity contribution in [3.63, 3.8) is 0 Å². The van der Waals surface area contributed by atoms with E-state index in [1.807, 2.05) is 42.5 Å². The molecule has 0 aromatic heterocycles. The van der Waals surface area contributed by atoms with Crippen molar-refractivity contribution in [1.82, 2.24) is 10.9 Å². The molecule has 0 atom stereocenters. The monoisotopic (exact) mass is 388 g/mol. The second-order valence-corrected chi connectivity index (χ2v) is 7.08. The number of amides is 2. The van der Waals surface area contributed by atoms with Crippen molar-refractivity contribution in [2.45, 2.75) is 13.8 Å². The molecule has 0 spiro atoms. The third-order valence-electron chi connectivity index (χ3n) is 4.24. The fourth-order valence-electron chi connectivity index (χ4n) is 2.67. The fourth-order valence-corrected chi connectivity index (χ4v) is 2.67. The molecular formula is C24H24N2O3. The third-order valence-corrected chi connectivity index (χ3v) is 4.24. The molecule has 5 nitrogen and oxygen atoms in total. The second kappa shape index (κ2) is 9.55. The highest BCUT2D eigenvalue weighted by atomic mass is 16.5. The summed E-state index contributed by atoms with van der Waals surface area (Å²) in [7, 11) is 0. The van der Waals surface area contributed by atoms with Gasteiger partial charge in [0.15, 0.2) is 0 Å². The minimum atomic E-state index is -0.394. The van der Waals surface area contributed by atoms with Crippen LogP contribution < -0.4 is 15.6 Å². The van der Waals surface area contributed by atoms with Crippen molar-refractivity contribution in [2.24, 2.45) is 5.92 Å². The molecule has 3 aromatic rings. The van der Waals surface area contributed by atoms with Gasteiger partial charge in [-0.1, -0.05) is 56.3 Å². The predicted molar refractivity (Wildman–Crippen MR) is 114 cm³/mol. The summed E-state index contributed by atoms with van der Waals surface area (Å²) in [6.07, 6.45) is 0. The van der Waals surface area contributed by atoms with Crippen LogP contribution in [-0.4, -0.2) is 18.4 Å². The van der Waals surface area contributed by atoms with Gasteiger partial charge in [-0.2, -0.15) is 0 Å². The number of hydrogen-bond donors (Lipinski definition) is 2. The van der Waals surface area contributed by atoms with E-state index < -0.39 is 5.91 Å². The van der Waals surface area contributed by atoms with Crippen LogP contribution in [-0.2, 0) is 0 Å². The van der Waals surface area contributed by atoms with Crippen LogP contribution in [0.2, 0.25) is 0 Å². The van der Waals surface area contributed by atoms with Crippen molar-refractivity contribution >= 4 is 11.8 Å². The molecule has 2 amide bonds. The number of carbonyl (C=O) groups excluding carboxylic acids is 2. The first kappa shape index (κ1) is 20.1. The molecule has 0 aliphatic heterocycles. The fraction of sp³-hybridized carbons (Fsp3) is 0.167. The molecule has 0 unspecified atom stereocenters. The maximum Gasteiger partial charge on any atom is 0.269 e. The van der Waals surface area contributed by atoms with E-state index in [9.17, 15) is 9.59 Å². The van der Waals surface area contributed by atoms with Gasteiger partial charge in [0.2, 0.25) is 0 Å². The maximum atomic E-state index is 12.3. The van der Waals surface area contributed by atoms with Gasteiger partial charge < -0.3 is 4.74 Å². The van der Waals surface area contributed by atoms with E-state index in [0.29, 0.717) is 29.4 Å². The Kier molecular flexibility index (Phi) is 6.63. The van der Waals surface area contributed by atoms with Gasteiger partial charge in [0, 0.05) is 11.1 Å². The van der Waals surface area contributed by atoms with Gasteiger partial charge in [-0.15, -0.1) is 0 Å². The lowest BCUT2D eigenvalue weighted by atomic mass is 10.0. The summed E-state index contributed by atoms with van der Waals surface area (Å²) >= 11 is 0. The van der Waals surface area contributed by atoms with Gasteiger partial charge in [0.1, 0.15) is 5.75 Å². The van der Waals surface area contributed by atoms with Crippen LogP contribution >= 0.6 is 0 Å². The maximum absolute atomic E-state index is 12.3. The minimum absolute atomic E-state index is 0.380. The second-order valence-electron chi connectivity index (χ2n) is 7.08. The summed E-state index contributed by atoms with van der Waals surface area (Å²) < 4.78 is 5.60. The highest BCUT2D eigenvalue weighted by molar-refractivity contribution is 5.99. The van der Waals surface area contributed by atoms with E-state index in [4.69, 9.17) is 4.74 Å². The molecule has 29 heavy (non-hydrogen) atoms. The minimum Gasteiger partial charge on any atom is -0.493 e. The number of hydrazine groups is 1. The molecule has 0 aliphatic carbocycles. The van der Waals surface area contributed by atoms with E-state index >= 15 is 0 Å². The lowest BCUT2D eigenvalue weighted by Crippen LogP contribution is -2.41. The average molecular weight is 388 g/mol. The first-order valence-corrected chi connectivity index (χ1v) is 9.52. The van der Waals surface area contributed by atoms with E-state index in [2.05, 4.69) is 24.7 Å². The number of carbonyl (C=O) groups is 2. The van der Waals surface area contributed by atoms with Gasteiger partial charge >= 0.3 is 0 Å². The lowest BCUT2D eigenvalue weighted by Gasteiger charge is -2.10. The van der Waals surface area contributed by atoms with Crippen LogP contribution in [0, 0.1) is 5.92 Å². The van der Waals surface area contributed by atoms with Crippen molar-refractivity contribution in [3.8, 4) is 16.9 Å². The Bertz CT molecular complexity index is 950. The smallest absolute Gasteiger partial charge is 0.269 e. The standard InChI is InChI=1S/C24H24N2O3/c1-17(2)16-29-22-14-12-21(13-15-22)24(28)26-25-23(27)20-10-8-19(9-11-20)18-6-4-3-5-7-18/h3-15,17H,16H2,1-2H3,(H,25,27)(H,26,28). The topological polar surface area (TPSA) is 67.4 Å². The quantitative estimate of drug-likeness (QED) is 0.613. The summed E-state index contributed by atoms with van der Waals surface area (Å²) in [6, 6.07) is 23.9. The molecule has 5 heteroatoms. The number of hydrogen-bond acceptors (Lipinski definition) is 3. The Hall–Kier alpha value is -3.60. The summed E-state index contributed by atoms with van der Waals surface area (Å²) in [6.45, 7) is 4.75. The van der Waals surface area contributed by atoms with E-state index in [1.165, 1.54) is 0 Å². The summed E-state index contributed by atoms with van der Waals surface area (Å²) in [5.74, 6) is 0.359. The molecule has 0 bridgehead atoms. The Morgan fingerprint density at radius 3 is 1.72 bits per heavy atom. The molecule has 0 aliphatic rings. The van der Waals surface area contributed by atoms with Crippen LogP contribution in [0.3, 0.4) is 0 Å². The zero-order valence-electron chi connectivity index (χ0n) is 16.5. The molecule has 148 valence electrons. The zero-order chi connectivity index (χ0) is 20.6. The summed E-state index contributed by atoms with van der Waals surface area (Å²) in [5.41, 5.74) is 7.86. The van der Waals surface area contributed by atoms with E-state index in [1.54, 1.807) is 36.4 Å². The molecule has 0 saturated heterocycles. The number of ether oxygens (including phenoxy) is 1. The van der Waals surface area contributed by atoms with Gasteiger partial charge in [0.05, 0.1) is 6.61 Å². The first-order chi connectivity index (χ1) is 14.0. The van der Waals surface area contributed by atoms with Crippen LogP contribution in [0.15, 0.2) is 78.9 Å². The van der Waals surface area contributed by atoms with Crippen molar-refractivity contribution in [1.29, 1.82) is 0 Å². The molecular weight excluding hydrogens is 364 g/mol. The van der Waals surface area contributed by atoms with E-state index in [0.717, 1.165) is 11.1 Å². The van der Waals surface area contributed by atoms with Crippen LogP contribution in [0.25, 0.3) is 11.1 Å². The third kappa shape index (κ3) is 5.69. The van der Waals surface area contributed by atoms with Crippen LogP contribution in [0.5, 0.6) is 5.75 Å². The molecule has 0 heterocycles. The lowest BCUT2D eigenvalue weighted by molar-refractivity contribution is 0.0846. The summed E-state index contributed by atoms with van der Waals surface area (Å²) in [5, 5.41) is 0. The van der Waals surface area contributed by atoms with Crippen LogP contribution in [0.4, 0.5) is 0 Å². The van der Waals surface area contributed by atoms with Crippen molar-refractivity contribution < 1.29 is 14.3 Å².